The molecule has 36 heavy (non-hydrogen) atoms. The van der Waals surface area contributed by atoms with Gasteiger partial charge in [-0.05, 0) is 44.2 Å². The molecule has 0 aromatic heterocycles. The maximum Gasteiger partial charge on any atom is 0.490 e. The van der Waals surface area contributed by atoms with Crippen LogP contribution in [0.15, 0.2) is 36.5 Å². The normalized spacial score (nSPS) is 11.6. The van der Waals surface area contributed by atoms with Crippen molar-refractivity contribution in [2.24, 2.45) is 0 Å². The lowest BCUT2D eigenvalue weighted by Gasteiger charge is -2.21. The van der Waals surface area contributed by atoms with Gasteiger partial charge in [0, 0.05) is 30.5 Å². The van der Waals surface area contributed by atoms with Gasteiger partial charge >= 0.3 is 18.3 Å². The van der Waals surface area contributed by atoms with Crippen LogP contribution in [-0.4, -0.2) is 68.8 Å². The fourth-order valence-corrected chi connectivity index (χ4v) is 2.59. The van der Waals surface area contributed by atoms with Gasteiger partial charge < -0.3 is 25.6 Å². The number of alkyl halides is 6. The highest BCUT2D eigenvalue weighted by Gasteiger charge is 2.38. The third kappa shape index (κ3) is 8.02. The standard InChI is InChI=1S/C19H21F3N6O.C2HF3O2/c1-11(2)28(3)17(29)12-4-6-13(7-5-12)25-18-26-15-14(8-9-23-15)16(27-18)24-10-19(20,21)22;3-2(4,5)1(6)7/h4-9,11H,10H2,1-3H3,(H3,23,24,25,26,27);(H,6,7). The predicted molar refractivity (Wildman–Crippen MR) is 118 cm³/mol. The molecule has 0 aliphatic carbocycles. The number of hydrogen-bond donors (Lipinski definition) is 4. The number of rotatable bonds is 6. The van der Waals surface area contributed by atoms with Gasteiger partial charge in [-0.2, -0.15) is 31.3 Å². The summed E-state index contributed by atoms with van der Waals surface area (Å²) < 4.78 is 69.4. The highest BCUT2D eigenvalue weighted by atomic mass is 19.4. The topological polar surface area (TPSA) is 123 Å². The quantitative estimate of drug-likeness (QED) is 0.346. The molecule has 0 spiro atoms. The van der Waals surface area contributed by atoms with Crippen LogP contribution in [0.1, 0.15) is 24.2 Å². The molecular weight excluding hydrogens is 498 g/mol. The summed E-state index contributed by atoms with van der Waals surface area (Å²) in [7, 11) is 1.73. The molecule has 2 aliphatic heterocycles. The lowest BCUT2D eigenvalue weighted by atomic mass is 10.1. The van der Waals surface area contributed by atoms with Gasteiger partial charge in [0.1, 0.15) is 18.2 Å². The molecule has 0 bridgehead atoms. The molecule has 0 saturated heterocycles. The minimum absolute atomic E-state index is 0.0708. The lowest BCUT2D eigenvalue weighted by molar-refractivity contribution is -0.192. The number of aromatic nitrogens is 3. The van der Waals surface area contributed by atoms with Crippen molar-refractivity contribution < 1.29 is 41.0 Å². The van der Waals surface area contributed by atoms with E-state index in [1.807, 2.05) is 13.8 Å². The summed E-state index contributed by atoms with van der Waals surface area (Å²) in [5.41, 5.74) is 1.60. The summed E-state index contributed by atoms with van der Waals surface area (Å²) in [5.74, 6) is -2.16. The smallest absolute Gasteiger partial charge is 0.475 e. The Morgan fingerprint density at radius 1 is 1.08 bits per heavy atom. The number of anilines is 3. The minimum atomic E-state index is -5.08. The van der Waals surface area contributed by atoms with Crippen LogP contribution in [0.4, 0.5) is 43.8 Å². The Morgan fingerprint density at radius 3 is 2.17 bits per heavy atom. The Bertz CT molecular complexity index is 1140. The maximum atomic E-state index is 12.6. The zero-order valence-electron chi connectivity index (χ0n) is 19.1. The summed E-state index contributed by atoms with van der Waals surface area (Å²) >= 11 is 0. The molecular formula is C21H22F6N6O3. The van der Waals surface area contributed by atoms with Gasteiger partial charge in [-0.15, -0.1) is 0 Å². The molecule has 1 aromatic carbocycles. The van der Waals surface area contributed by atoms with Crippen molar-refractivity contribution in [2.75, 3.05) is 24.2 Å². The van der Waals surface area contributed by atoms with Crippen LogP contribution in [0.25, 0.3) is 11.4 Å². The van der Waals surface area contributed by atoms with Crippen LogP contribution in [-0.2, 0) is 4.79 Å². The molecule has 4 N–H and O–H groups in total. The average Bonchev–Trinajstić information content (AvgIpc) is 3.25. The number of carboxylic acids is 1. The number of nitrogens with zero attached hydrogens (tertiary/aromatic N) is 3. The van der Waals surface area contributed by atoms with Crippen molar-refractivity contribution in [1.29, 1.82) is 0 Å². The van der Waals surface area contributed by atoms with E-state index in [2.05, 4.69) is 25.6 Å². The fourth-order valence-electron chi connectivity index (χ4n) is 2.59. The van der Waals surface area contributed by atoms with Crippen LogP contribution in [0.2, 0.25) is 0 Å². The van der Waals surface area contributed by atoms with E-state index in [1.165, 1.54) is 6.20 Å². The Hall–Kier alpha value is -4.04. The first kappa shape index (κ1) is 28.2. The first-order valence-electron chi connectivity index (χ1n) is 10.2. The van der Waals surface area contributed by atoms with E-state index in [-0.39, 0.29) is 23.7 Å². The van der Waals surface area contributed by atoms with E-state index >= 15 is 0 Å². The SMILES string of the molecule is CC(C)N(C)C(=O)c1ccc(Nc2nc(NCC(F)(F)F)c3ccnc-3[nH]2)cc1.O=C(O)C(F)(F)F. The van der Waals surface area contributed by atoms with Crippen LogP contribution in [0.5, 0.6) is 0 Å². The predicted octanol–water partition coefficient (Wildman–Crippen LogP) is 4.74. The fraction of sp³-hybridized carbons (Fsp3) is 0.333. The first-order valence-corrected chi connectivity index (χ1v) is 10.2. The number of fused-ring (bicyclic) bond motifs is 1. The number of hydrogen-bond acceptors (Lipinski definition) is 6. The molecule has 3 rings (SSSR count). The number of nitrogens with one attached hydrogen (secondary N) is 3. The molecule has 9 nitrogen and oxygen atoms in total. The molecule has 1 amide bonds. The monoisotopic (exact) mass is 520 g/mol. The second-order valence-electron chi connectivity index (χ2n) is 7.62. The van der Waals surface area contributed by atoms with Gasteiger partial charge in [-0.25, -0.2) is 9.78 Å². The number of benzene rings is 1. The molecule has 0 unspecified atom stereocenters. The Kier molecular flexibility index (Phi) is 8.72. The molecule has 0 radical (unpaired) electrons. The van der Waals surface area contributed by atoms with Crippen LogP contribution in [0, 0.1) is 0 Å². The van der Waals surface area contributed by atoms with Gasteiger partial charge in [0.05, 0.1) is 5.56 Å². The zero-order valence-corrected chi connectivity index (χ0v) is 19.1. The Morgan fingerprint density at radius 2 is 1.67 bits per heavy atom. The zero-order chi connectivity index (χ0) is 27.3. The number of carboxylic acid groups (broad SMARTS) is 1. The van der Waals surface area contributed by atoms with Crippen molar-refractivity contribution in [3.63, 3.8) is 0 Å². The van der Waals surface area contributed by atoms with E-state index in [4.69, 9.17) is 9.90 Å². The summed E-state index contributed by atoms with van der Waals surface area (Å²) in [6, 6.07) is 8.39. The third-order valence-electron chi connectivity index (χ3n) is 4.60. The molecule has 2 heterocycles. The molecule has 196 valence electrons. The van der Waals surface area contributed by atoms with Gasteiger partial charge in [-0.1, -0.05) is 0 Å². The van der Waals surface area contributed by atoms with Gasteiger partial charge in [0.25, 0.3) is 5.91 Å². The lowest BCUT2D eigenvalue weighted by Crippen LogP contribution is -2.32. The second kappa shape index (κ2) is 11.1. The van der Waals surface area contributed by atoms with Crippen molar-refractivity contribution in [2.45, 2.75) is 32.2 Å². The molecule has 15 heteroatoms. The third-order valence-corrected chi connectivity index (χ3v) is 4.60. The van der Waals surface area contributed by atoms with E-state index in [1.54, 1.807) is 42.3 Å². The Balaban J connectivity index is 0.000000572. The number of carbonyl (C=O) groups is 2. The molecule has 0 atom stereocenters. The molecule has 2 aliphatic rings. The minimum Gasteiger partial charge on any atom is -0.475 e. The van der Waals surface area contributed by atoms with Crippen molar-refractivity contribution in [1.82, 2.24) is 19.9 Å². The summed E-state index contributed by atoms with van der Waals surface area (Å²) in [6.07, 6.45) is -7.97. The summed E-state index contributed by atoms with van der Waals surface area (Å²) in [5, 5.41) is 12.4. The number of H-pyrrole nitrogens is 1. The van der Waals surface area contributed by atoms with E-state index in [0.29, 0.717) is 22.6 Å². The van der Waals surface area contributed by atoms with Crippen molar-refractivity contribution in [3.05, 3.63) is 42.1 Å². The molecule has 0 fully saturated rings. The largest absolute Gasteiger partial charge is 0.490 e. The van der Waals surface area contributed by atoms with Crippen LogP contribution < -0.4 is 10.6 Å². The molecule has 0 saturated carbocycles. The maximum absolute atomic E-state index is 12.6. The number of carbonyl (C=O) groups excluding carboxylic acids is 1. The highest BCUT2D eigenvalue weighted by molar-refractivity contribution is 5.94. The van der Waals surface area contributed by atoms with Crippen molar-refractivity contribution in [3.8, 4) is 11.4 Å². The van der Waals surface area contributed by atoms with E-state index < -0.39 is 24.9 Å². The van der Waals surface area contributed by atoms with E-state index in [0.717, 1.165) is 0 Å². The average molecular weight is 520 g/mol. The highest BCUT2D eigenvalue weighted by Crippen LogP contribution is 2.29. The first-order chi connectivity index (χ1) is 16.6. The van der Waals surface area contributed by atoms with Crippen molar-refractivity contribution >= 4 is 29.3 Å². The number of aromatic amines is 1. The van der Waals surface area contributed by atoms with E-state index in [9.17, 15) is 31.1 Å². The van der Waals surface area contributed by atoms with Gasteiger partial charge in [-0.3, -0.25) is 4.79 Å². The summed E-state index contributed by atoms with van der Waals surface area (Å²) in [4.78, 5) is 34.1. The number of aliphatic carboxylic acids is 1. The number of amides is 1. The summed E-state index contributed by atoms with van der Waals surface area (Å²) in [6.45, 7) is 2.64. The van der Waals surface area contributed by atoms with Crippen LogP contribution >= 0.6 is 0 Å². The molecule has 1 aromatic rings. The van der Waals surface area contributed by atoms with Gasteiger partial charge in [0.15, 0.2) is 0 Å². The Labute approximate surface area is 200 Å². The second-order valence-corrected chi connectivity index (χ2v) is 7.62. The van der Waals surface area contributed by atoms with Gasteiger partial charge in [0.2, 0.25) is 5.95 Å². The number of halogens is 6. The van der Waals surface area contributed by atoms with Crippen LogP contribution in [0.3, 0.4) is 0 Å².